The Morgan fingerprint density at radius 1 is 0.511 bits per heavy atom. The maximum absolute atomic E-state index is 13.4. The predicted molar refractivity (Wildman–Crippen MR) is 346 cm³/mol. The topological polar surface area (TPSA) is 250 Å². The molecule has 0 unspecified atom stereocenters. The Labute approximate surface area is 557 Å². The molecule has 5 aliphatic heterocycles. The van der Waals surface area contributed by atoms with Crippen LogP contribution in [0.3, 0.4) is 0 Å². The van der Waals surface area contributed by atoms with E-state index in [-0.39, 0.29) is 61.4 Å². The second-order valence-electron chi connectivity index (χ2n) is 24.6. The summed E-state index contributed by atoms with van der Waals surface area (Å²) in [6.45, 7) is 21.0. The maximum Gasteiger partial charge on any atom is 0.498 e. The summed E-state index contributed by atoms with van der Waals surface area (Å²) in [5.74, 6) is 2.56. The summed E-state index contributed by atoms with van der Waals surface area (Å²) in [5.41, 5.74) is 19.0. The molecule has 24 nitrogen and oxygen atoms in total. The normalized spacial score (nSPS) is 18.5. The fraction of sp³-hybridized carbons (Fsp3) is 0.397. The molecule has 2 atom stereocenters. The third kappa shape index (κ3) is 13.4. The Bertz CT molecular complexity index is 4100. The molecule has 0 bridgehead atoms. The molecule has 5 saturated heterocycles. The fourth-order valence-electron chi connectivity index (χ4n) is 11.2. The van der Waals surface area contributed by atoms with Crippen molar-refractivity contribution in [2.75, 3.05) is 98.4 Å². The van der Waals surface area contributed by atoms with E-state index in [1.807, 2.05) is 69.3 Å². The van der Waals surface area contributed by atoms with E-state index >= 15 is 0 Å². The van der Waals surface area contributed by atoms with Crippen molar-refractivity contribution in [3.05, 3.63) is 174 Å². The molecule has 15 rings (SSSR count). The van der Waals surface area contributed by atoms with Crippen LogP contribution in [0.1, 0.15) is 83.3 Å². The van der Waals surface area contributed by atoms with E-state index < -0.39 is 11.1 Å². The monoisotopic (exact) mass is 1430 g/mol. The van der Waals surface area contributed by atoms with Crippen LogP contribution in [0.15, 0.2) is 140 Å². The molecule has 29 heteroatoms. The van der Waals surface area contributed by atoms with E-state index in [9.17, 15) is 8.78 Å². The maximum atomic E-state index is 13.4. The first-order chi connectivity index (χ1) is 43.3. The van der Waals surface area contributed by atoms with Crippen LogP contribution in [0, 0.1) is 11.6 Å². The molecular formula is C63H74BBrF2IN20O4-. The second kappa shape index (κ2) is 26.8. The van der Waals surface area contributed by atoms with E-state index in [0.717, 1.165) is 132 Å². The van der Waals surface area contributed by atoms with Gasteiger partial charge in [0, 0.05) is 140 Å². The largest absolute Gasteiger partial charge is 1.00 e. The van der Waals surface area contributed by atoms with E-state index in [1.54, 1.807) is 61.7 Å². The molecule has 0 amide bonds. The Morgan fingerprint density at radius 3 is 1.37 bits per heavy atom. The summed E-state index contributed by atoms with van der Waals surface area (Å²) >= 11 is 3.50. The number of rotatable bonds is 12. The molecule has 0 spiro atoms. The third-order valence-corrected chi connectivity index (χ3v) is 18.3. The molecule has 5 fully saturated rings. The van der Waals surface area contributed by atoms with Gasteiger partial charge in [0.2, 0.25) is 11.9 Å². The summed E-state index contributed by atoms with van der Waals surface area (Å²) in [5, 5.41) is 17.6. The highest BCUT2D eigenvalue weighted by Gasteiger charge is 2.52. The number of halogens is 4. The van der Waals surface area contributed by atoms with Gasteiger partial charge in [-0.1, -0.05) is 31.7 Å². The lowest BCUT2D eigenvalue weighted by Gasteiger charge is -2.35. The standard InChI is InChI=1S/C28H29FN10O.C22H22BrFN8.C12H19BN2O3.CH4.HI/c1-28(30,21-2-4-23(29)5-3-21)22-12-31-27(32-13-22)37-8-6-36(7-9-37)26-25-10-19(14-39(25)35-18-33-26)20-11-34-38(15-20)24-16-40-17-24;1-22(25,15-2-4-18(24)5-3-15)16-11-26-21(27-12-16)31-8-6-30(7-9-31)20-19-10-17(23)13-32(19)29-14-28-20;1-11(2)12(3,4)18-13(17-11)9-5-14-15(6-9)10-7-16-8-10;;/h2-5,10-15,18,24H,6-9,16-17,30H2,1H3;2-5,10-14H,6-9,25H2,1H3;5-6,10H,7-8H2,1-4H3;1H4;1H/p-1/t28-;22-;;;/m00.../s1. The highest BCUT2D eigenvalue weighted by Crippen LogP contribution is 2.37. The zero-order valence-electron chi connectivity index (χ0n) is 51.3. The first-order valence-electron chi connectivity index (χ1n) is 29.9. The number of hydrogen-bond donors (Lipinski definition) is 2. The van der Waals surface area contributed by atoms with E-state index in [1.165, 1.54) is 24.3 Å². The molecule has 4 N–H and O–H groups in total. The molecule has 0 saturated carbocycles. The van der Waals surface area contributed by atoms with Gasteiger partial charge in [-0.25, -0.2) is 47.7 Å². The average molecular weight is 1430 g/mol. The van der Waals surface area contributed by atoms with Crippen molar-refractivity contribution in [2.45, 2.75) is 83.3 Å². The molecule has 0 radical (unpaired) electrons. The quantitative estimate of drug-likeness (QED) is 0.130. The van der Waals surface area contributed by atoms with Gasteiger partial charge in [0.15, 0.2) is 11.6 Å². The van der Waals surface area contributed by atoms with Crippen LogP contribution < -0.4 is 60.5 Å². The van der Waals surface area contributed by atoms with Crippen molar-refractivity contribution in [1.29, 1.82) is 0 Å². The summed E-state index contributed by atoms with van der Waals surface area (Å²) < 4.78 is 57.6. The first kappa shape index (κ1) is 65.8. The van der Waals surface area contributed by atoms with Crippen LogP contribution >= 0.6 is 15.9 Å². The van der Waals surface area contributed by atoms with Gasteiger partial charge < -0.3 is 73.8 Å². The van der Waals surface area contributed by atoms with Gasteiger partial charge in [0.25, 0.3) is 0 Å². The lowest BCUT2D eigenvalue weighted by atomic mass is 9.82. The third-order valence-electron chi connectivity index (χ3n) is 17.9. The highest BCUT2D eigenvalue weighted by molar-refractivity contribution is 9.10. The number of aromatic nitrogens is 14. The Kier molecular flexibility index (Phi) is 19.1. The van der Waals surface area contributed by atoms with Crippen molar-refractivity contribution in [1.82, 2.24) is 68.7 Å². The molecule has 92 heavy (non-hydrogen) atoms. The van der Waals surface area contributed by atoms with E-state index in [4.69, 9.17) is 30.2 Å². The number of piperazine rings is 2. The minimum atomic E-state index is -0.830. The molecule has 13 heterocycles. The van der Waals surface area contributed by atoms with Gasteiger partial charge in [0.05, 0.1) is 67.0 Å². The summed E-state index contributed by atoms with van der Waals surface area (Å²) in [7, 11) is -0.329. The van der Waals surface area contributed by atoms with Crippen LogP contribution in [0.2, 0.25) is 0 Å². The van der Waals surface area contributed by atoms with Crippen LogP contribution in [0.5, 0.6) is 0 Å². The van der Waals surface area contributed by atoms with Gasteiger partial charge >= 0.3 is 7.12 Å². The fourth-order valence-corrected chi connectivity index (χ4v) is 11.6. The number of benzene rings is 2. The van der Waals surface area contributed by atoms with Gasteiger partial charge in [-0.05, 0) is 105 Å². The van der Waals surface area contributed by atoms with Gasteiger partial charge in [-0.2, -0.15) is 20.4 Å². The van der Waals surface area contributed by atoms with Crippen LogP contribution in [-0.4, -0.2) is 166 Å². The molecule has 5 aliphatic rings. The Hall–Kier alpha value is -7.65. The molecular weight excluding hydrogens is 1360 g/mol. The molecule has 482 valence electrons. The highest BCUT2D eigenvalue weighted by atomic mass is 127. The Balaban J connectivity index is 0.000000149. The SMILES string of the molecule is C.CC1(C)OB(c2cnn(C3COC3)c2)OC1(C)C.C[C@](N)(c1ccc(F)cc1)c1cnc(N2CCN(c3ncnn4cc(-c5cnn(C6COC6)c5)cc34)CC2)nc1.C[C@](N)(c1ccc(F)cc1)c1cnc(N2CCN(c3ncnn4cc(Br)cc34)CC2)nc1.[I-]. The van der Waals surface area contributed by atoms with Crippen LogP contribution in [-0.2, 0) is 29.9 Å². The number of nitrogens with zero attached hydrogens (tertiary/aromatic N) is 18. The van der Waals surface area contributed by atoms with Crippen molar-refractivity contribution in [3.8, 4) is 11.1 Å². The number of anilines is 4. The number of nitrogens with two attached hydrogens (primary N) is 2. The number of hydrogen-bond acceptors (Lipinski definition) is 20. The zero-order chi connectivity index (χ0) is 62.5. The number of ether oxygens (including phenoxy) is 2. The van der Waals surface area contributed by atoms with Crippen molar-refractivity contribution < 1.29 is 51.5 Å². The van der Waals surface area contributed by atoms with Crippen molar-refractivity contribution in [2.24, 2.45) is 11.5 Å². The lowest BCUT2D eigenvalue weighted by molar-refractivity contribution is -0.0286. The van der Waals surface area contributed by atoms with Gasteiger partial charge in [-0.15, -0.1) is 0 Å². The molecule has 0 aliphatic carbocycles. The van der Waals surface area contributed by atoms with E-state index in [0.29, 0.717) is 37.2 Å². The lowest BCUT2D eigenvalue weighted by Crippen LogP contribution is -3.00. The zero-order valence-corrected chi connectivity index (χ0v) is 55.0. The first-order valence-corrected chi connectivity index (χ1v) is 30.7. The minimum Gasteiger partial charge on any atom is -1.00 e. The Morgan fingerprint density at radius 2 is 0.924 bits per heavy atom. The predicted octanol–water partition coefficient (Wildman–Crippen LogP) is 4.01. The van der Waals surface area contributed by atoms with E-state index in [2.05, 4.69) is 126 Å². The second-order valence-corrected chi connectivity index (χ2v) is 25.5. The van der Waals surface area contributed by atoms with Crippen LogP contribution in [0.25, 0.3) is 22.2 Å². The van der Waals surface area contributed by atoms with Gasteiger partial charge in [-0.3, -0.25) is 9.36 Å². The van der Waals surface area contributed by atoms with Crippen molar-refractivity contribution in [3.63, 3.8) is 0 Å². The van der Waals surface area contributed by atoms with Gasteiger partial charge in [0.1, 0.15) is 35.3 Å². The van der Waals surface area contributed by atoms with Crippen molar-refractivity contribution >= 4 is 63.1 Å². The summed E-state index contributed by atoms with van der Waals surface area (Å²) in [4.78, 5) is 36.3. The van der Waals surface area contributed by atoms with Crippen LogP contribution in [0.4, 0.5) is 32.3 Å². The number of fused-ring (bicyclic) bond motifs is 2. The molecule has 8 aromatic heterocycles. The average Bonchev–Trinajstić information content (AvgIpc) is 1.56. The molecule has 10 aromatic rings. The summed E-state index contributed by atoms with van der Waals surface area (Å²) in [6.07, 6.45) is 21.9. The smallest absolute Gasteiger partial charge is 0.498 e. The summed E-state index contributed by atoms with van der Waals surface area (Å²) in [6, 6.07) is 17.2. The molecule has 2 aromatic carbocycles. The minimum absolute atomic E-state index is 0.